The maximum absolute atomic E-state index is 8.79. The van der Waals surface area contributed by atoms with Crippen LogP contribution in [-0.2, 0) is 13.2 Å². The van der Waals surface area contributed by atoms with Gasteiger partial charge in [0.25, 0.3) is 0 Å². The predicted molar refractivity (Wildman–Crippen MR) is 92.7 cm³/mol. The average Bonchev–Trinajstić information content (AvgIpc) is 2.67. The molecule has 118 valence electrons. The van der Waals surface area contributed by atoms with Crippen LogP contribution in [0.15, 0.2) is 78.9 Å². The molecule has 0 aliphatic heterocycles. The summed E-state index contributed by atoms with van der Waals surface area (Å²) in [5, 5.41) is 8.79. The van der Waals surface area contributed by atoms with Crippen molar-refractivity contribution < 1.29 is 9.47 Å². The first-order valence-electron chi connectivity index (χ1n) is 7.72. The van der Waals surface area contributed by atoms with E-state index in [0.29, 0.717) is 18.8 Å². The van der Waals surface area contributed by atoms with Gasteiger partial charge in [0.2, 0.25) is 0 Å². The van der Waals surface area contributed by atoms with Crippen LogP contribution >= 0.6 is 0 Å². The normalized spacial score (nSPS) is 9.96. The first kappa shape index (κ1) is 15.6. The van der Waals surface area contributed by atoms with E-state index in [1.807, 2.05) is 66.7 Å². The number of benzene rings is 3. The fourth-order valence-electron chi connectivity index (χ4n) is 2.22. The predicted octanol–water partition coefficient (Wildman–Crippen LogP) is 4.72. The first-order valence-corrected chi connectivity index (χ1v) is 7.72. The summed E-state index contributed by atoms with van der Waals surface area (Å²) in [7, 11) is 0. The Labute approximate surface area is 141 Å². The highest BCUT2D eigenvalue weighted by Gasteiger charge is 1.99. The van der Waals surface area contributed by atoms with Crippen molar-refractivity contribution in [1.29, 1.82) is 5.26 Å². The van der Waals surface area contributed by atoms with E-state index in [-0.39, 0.29) is 0 Å². The lowest BCUT2D eigenvalue weighted by Gasteiger charge is -2.09. The van der Waals surface area contributed by atoms with Gasteiger partial charge in [0.15, 0.2) is 0 Å². The standard InChI is InChI=1S/C21H17NO2/c22-14-17-6-8-19(9-7-17)16-24-21-12-10-20(11-13-21)23-15-18-4-2-1-3-5-18/h1-13H,15-16H2. The first-order chi connectivity index (χ1) is 11.8. The van der Waals surface area contributed by atoms with Crippen LogP contribution in [0.1, 0.15) is 16.7 Å². The molecule has 3 nitrogen and oxygen atoms in total. The van der Waals surface area contributed by atoms with Crippen LogP contribution < -0.4 is 9.47 Å². The molecule has 0 spiro atoms. The van der Waals surface area contributed by atoms with Gasteiger partial charge in [-0.3, -0.25) is 0 Å². The van der Waals surface area contributed by atoms with Crippen LogP contribution in [0.25, 0.3) is 0 Å². The van der Waals surface area contributed by atoms with Crippen LogP contribution in [0.2, 0.25) is 0 Å². The SMILES string of the molecule is N#Cc1ccc(COc2ccc(OCc3ccccc3)cc2)cc1. The van der Waals surface area contributed by atoms with Crippen molar-refractivity contribution in [3.8, 4) is 17.6 Å². The van der Waals surface area contributed by atoms with E-state index in [9.17, 15) is 0 Å². The Morgan fingerprint density at radius 3 is 1.62 bits per heavy atom. The Balaban J connectivity index is 1.51. The molecule has 0 saturated carbocycles. The van der Waals surface area contributed by atoms with Crippen LogP contribution in [0.5, 0.6) is 11.5 Å². The van der Waals surface area contributed by atoms with Crippen molar-refractivity contribution in [3.63, 3.8) is 0 Å². The molecule has 24 heavy (non-hydrogen) atoms. The molecule has 0 unspecified atom stereocenters. The van der Waals surface area contributed by atoms with Crippen LogP contribution in [0.3, 0.4) is 0 Å². The van der Waals surface area contributed by atoms with E-state index >= 15 is 0 Å². The molecule has 0 radical (unpaired) electrons. The van der Waals surface area contributed by atoms with Crippen LogP contribution in [0.4, 0.5) is 0 Å². The Morgan fingerprint density at radius 1 is 0.625 bits per heavy atom. The van der Waals surface area contributed by atoms with Gasteiger partial charge < -0.3 is 9.47 Å². The number of nitriles is 1. The molecule has 3 aromatic rings. The quantitative estimate of drug-likeness (QED) is 0.661. The Morgan fingerprint density at radius 2 is 1.12 bits per heavy atom. The van der Waals surface area contributed by atoms with Gasteiger partial charge in [-0.1, -0.05) is 42.5 Å². The molecule has 0 bridgehead atoms. The third-order valence-corrected chi connectivity index (χ3v) is 3.56. The summed E-state index contributed by atoms with van der Waals surface area (Å²) in [6, 6.07) is 27.1. The van der Waals surface area contributed by atoms with E-state index < -0.39 is 0 Å². The van der Waals surface area contributed by atoms with E-state index in [1.165, 1.54) is 0 Å². The summed E-state index contributed by atoms with van der Waals surface area (Å²) in [5.74, 6) is 1.59. The van der Waals surface area contributed by atoms with Crippen molar-refractivity contribution in [1.82, 2.24) is 0 Å². The van der Waals surface area contributed by atoms with E-state index in [4.69, 9.17) is 14.7 Å². The summed E-state index contributed by atoms with van der Waals surface area (Å²) in [5.41, 5.74) is 2.82. The Hall–Kier alpha value is -3.25. The molecule has 0 saturated heterocycles. The molecule has 3 aromatic carbocycles. The van der Waals surface area contributed by atoms with E-state index in [0.717, 1.165) is 22.6 Å². The smallest absolute Gasteiger partial charge is 0.120 e. The summed E-state index contributed by atoms with van der Waals surface area (Å²) < 4.78 is 11.5. The van der Waals surface area contributed by atoms with Gasteiger partial charge in [-0.25, -0.2) is 0 Å². The topological polar surface area (TPSA) is 42.2 Å². The van der Waals surface area contributed by atoms with Crippen molar-refractivity contribution in [3.05, 3.63) is 95.6 Å². The van der Waals surface area contributed by atoms with Crippen molar-refractivity contribution in [2.75, 3.05) is 0 Å². The lowest BCUT2D eigenvalue weighted by molar-refractivity contribution is 0.297. The monoisotopic (exact) mass is 315 g/mol. The maximum atomic E-state index is 8.79. The molecule has 0 amide bonds. The summed E-state index contributed by atoms with van der Waals surface area (Å²) in [6.07, 6.45) is 0. The number of hydrogen-bond acceptors (Lipinski definition) is 3. The second kappa shape index (κ2) is 7.85. The number of nitrogens with zero attached hydrogens (tertiary/aromatic N) is 1. The third kappa shape index (κ3) is 4.37. The van der Waals surface area contributed by atoms with Gasteiger partial charge in [-0.15, -0.1) is 0 Å². The highest BCUT2D eigenvalue weighted by atomic mass is 16.5. The minimum atomic E-state index is 0.468. The highest BCUT2D eigenvalue weighted by molar-refractivity contribution is 5.33. The van der Waals surface area contributed by atoms with Gasteiger partial charge in [0, 0.05) is 0 Å². The molecule has 0 aliphatic rings. The maximum Gasteiger partial charge on any atom is 0.120 e. The largest absolute Gasteiger partial charge is 0.489 e. The fraction of sp³-hybridized carbons (Fsp3) is 0.0952. The third-order valence-electron chi connectivity index (χ3n) is 3.56. The van der Waals surface area contributed by atoms with Gasteiger partial charge in [-0.2, -0.15) is 5.26 Å². The molecule has 0 atom stereocenters. The fourth-order valence-corrected chi connectivity index (χ4v) is 2.22. The van der Waals surface area contributed by atoms with E-state index in [1.54, 1.807) is 12.1 Å². The van der Waals surface area contributed by atoms with Gasteiger partial charge in [0.1, 0.15) is 24.7 Å². The second-order valence-corrected chi connectivity index (χ2v) is 5.34. The minimum Gasteiger partial charge on any atom is -0.489 e. The molecule has 3 heteroatoms. The summed E-state index contributed by atoms with van der Waals surface area (Å²) >= 11 is 0. The number of ether oxygens (including phenoxy) is 2. The van der Waals surface area contributed by atoms with Crippen molar-refractivity contribution >= 4 is 0 Å². The molecule has 0 N–H and O–H groups in total. The molecular weight excluding hydrogens is 298 g/mol. The van der Waals surface area contributed by atoms with Crippen molar-refractivity contribution in [2.24, 2.45) is 0 Å². The highest BCUT2D eigenvalue weighted by Crippen LogP contribution is 2.19. The summed E-state index contributed by atoms with van der Waals surface area (Å²) in [4.78, 5) is 0. The zero-order valence-electron chi connectivity index (χ0n) is 13.2. The lowest BCUT2D eigenvalue weighted by Crippen LogP contribution is -1.97. The zero-order valence-corrected chi connectivity index (χ0v) is 13.2. The van der Waals surface area contributed by atoms with Gasteiger partial charge in [-0.05, 0) is 47.5 Å². The van der Waals surface area contributed by atoms with E-state index in [2.05, 4.69) is 6.07 Å². The van der Waals surface area contributed by atoms with Gasteiger partial charge >= 0.3 is 0 Å². The van der Waals surface area contributed by atoms with Gasteiger partial charge in [0.05, 0.1) is 11.6 Å². The Kier molecular flexibility index (Phi) is 5.11. The molecule has 3 rings (SSSR count). The summed E-state index contributed by atoms with van der Waals surface area (Å²) in [6.45, 7) is 1.02. The molecule has 0 aliphatic carbocycles. The second-order valence-electron chi connectivity index (χ2n) is 5.34. The van der Waals surface area contributed by atoms with Crippen molar-refractivity contribution in [2.45, 2.75) is 13.2 Å². The molecule has 0 heterocycles. The lowest BCUT2D eigenvalue weighted by atomic mass is 10.2. The average molecular weight is 315 g/mol. The number of hydrogen-bond donors (Lipinski definition) is 0. The molecule has 0 aromatic heterocycles. The molecular formula is C21H17NO2. The number of rotatable bonds is 6. The Bertz CT molecular complexity index is 803. The minimum absolute atomic E-state index is 0.468. The van der Waals surface area contributed by atoms with Crippen LogP contribution in [0, 0.1) is 11.3 Å². The van der Waals surface area contributed by atoms with Crippen LogP contribution in [-0.4, -0.2) is 0 Å². The zero-order chi connectivity index (χ0) is 16.6. The molecule has 0 fully saturated rings.